The number of rotatable bonds is 3. The van der Waals surface area contributed by atoms with E-state index in [1.165, 1.54) is 12.1 Å². The van der Waals surface area contributed by atoms with Gasteiger partial charge in [0.15, 0.2) is 0 Å². The molecule has 1 heterocycles. The summed E-state index contributed by atoms with van der Waals surface area (Å²) in [6.07, 6.45) is 2.27. The third-order valence-corrected chi connectivity index (χ3v) is 3.45. The van der Waals surface area contributed by atoms with Gasteiger partial charge in [0.05, 0.1) is 10.6 Å². The van der Waals surface area contributed by atoms with E-state index in [1.807, 2.05) is 7.05 Å². The molecule has 1 aliphatic carbocycles. The zero-order valence-electron chi connectivity index (χ0n) is 10.5. The Bertz CT molecular complexity index is 641. The lowest BCUT2D eigenvalue weighted by Crippen LogP contribution is -1.98. The highest BCUT2D eigenvalue weighted by Gasteiger charge is 2.31. The average Bonchev–Trinajstić information content (AvgIpc) is 3.18. The van der Waals surface area contributed by atoms with E-state index in [-0.39, 0.29) is 5.69 Å². The molecule has 6 nitrogen and oxygen atoms in total. The number of nitrogens with zero attached hydrogens (tertiary/aromatic N) is 3. The van der Waals surface area contributed by atoms with Gasteiger partial charge in [-0.05, 0) is 30.5 Å². The van der Waals surface area contributed by atoms with Crippen molar-refractivity contribution in [1.29, 1.82) is 0 Å². The van der Waals surface area contributed by atoms with Crippen molar-refractivity contribution in [3.05, 3.63) is 40.1 Å². The molecule has 19 heavy (non-hydrogen) atoms. The summed E-state index contributed by atoms with van der Waals surface area (Å²) in [4.78, 5) is 10.3. The first kappa shape index (κ1) is 11.7. The molecule has 0 aliphatic heterocycles. The summed E-state index contributed by atoms with van der Waals surface area (Å²) in [5.41, 5.74) is 8.96. The van der Waals surface area contributed by atoms with Crippen LogP contribution in [0.2, 0.25) is 0 Å². The van der Waals surface area contributed by atoms with Crippen LogP contribution in [0.1, 0.15) is 24.5 Å². The second-order valence-corrected chi connectivity index (χ2v) is 4.85. The predicted molar refractivity (Wildman–Crippen MR) is 71.7 cm³/mol. The SMILES string of the molecule is Cn1nc(C2CC2)c(-c2ccc([N+](=O)[O-])cc2)c1N. The maximum atomic E-state index is 10.7. The highest BCUT2D eigenvalue weighted by molar-refractivity contribution is 5.78. The Morgan fingerprint density at radius 2 is 2.00 bits per heavy atom. The Morgan fingerprint density at radius 3 is 2.53 bits per heavy atom. The van der Waals surface area contributed by atoms with Gasteiger partial charge in [0, 0.05) is 30.7 Å². The number of hydrogen-bond acceptors (Lipinski definition) is 4. The summed E-state index contributed by atoms with van der Waals surface area (Å²) in [6.45, 7) is 0. The summed E-state index contributed by atoms with van der Waals surface area (Å²) in [6, 6.07) is 6.46. The van der Waals surface area contributed by atoms with Gasteiger partial charge in [0.25, 0.3) is 5.69 Å². The van der Waals surface area contributed by atoms with Crippen LogP contribution in [-0.2, 0) is 7.05 Å². The van der Waals surface area contributed by atoms with E-state index in [4.69, 9.17) is 5.73 Å². The van der Waals surface area contributed by atoms with Gasteiger partial charge in [-0.2, -0.15) is 5.10 Å². The number of non-ortho nitro benzene ring substituents is 1. The van der Waals surface area contributed by atoms with Crippen molar-refractivity contribution in [3.63, 3.8) is 0 Å². The summed E-state index contributed by atoms with van der Waals surface area (Å²) >= 11 is 0. The van der Waals surface area contributed by atoms with Gasteiger partial charge in [-0.3, -0.25) is 14.8 Å². The smallest absolute Gasteiger partial charge is 0.269 e. The molecule has 0 unspecified atom stereocenters. The topological polar surface area (TPSA) is 87.0 Å². The Hall–Kier alpha value is -2.37. The van der Waals surface area contributed by atoms with Crippen LogP contribution in [0.15, 0.2) is 24.3 Å². The lowest BCUT2D eigenvalue weighted by atomic mass is 10.0. The number of benzene rings is 1. The van der Waals surface area contributed by atoms with Gasteiger partial charge in [-0.1, -0.05) is 0 Å². The minimum atomic E-state index is -0.405. The van der Waals surface area contributed by atoms with Crippen LogP contribution < -0.4 is 5.73 Å². The lowest BCUT2D eigenvalue weighted by Gasteiger charge is -2.03. The molecule has 0 radical (unpaired) electrons. The molecule has 0 atom stereocenters. The van der Waals surface area contributed by atoms with Crippen molar-refractivity contribution in [2.24, 2.45) is 7.05 Å². The van der Waals surface area contributed by atoms with Crippen molar-refractivity contribution < 1.29 is 4.92 Å². The molecule has 2 N–H and O–H groups in total. The standard InChI is InChI=1S/C13H14N4O2/c1-16-13(14)11(12(15-16)9-2-3-9)8-4-6-10(7-5-8)17(18)19/h4-7,9H,2-3,14H2,1H3. The molecule has 0 saturated heterocycles. The second-order valence-electron chi connectivity index (χ2n) is 4.85. The number of aryl methyl sites for hydroxylation is 1. The summed E-state index contributed by atoms with van der Waals surface area (Å²) in [5.74, 6) is 1.09. The Morgan fingerprint density at radius 1 is 1.37 bits per heavy atom. The Kier molecular flexibility index (Phi) is 2.51. The molecular weight excluding hydrogens is 244 g/mol. The molecule has 6 heteroatoms. The third kappa shape index (κ3) is 1.95. The first-order valence-corrected chi connectivity index (χ1v) is 6.15. The molecule has 0 spiro atoms. The van der Waals surface area contributed by atoms with E-state index < -0.39 is 4.92 Å². The summed E-state index contributed by atoms with van der Waals surface area (Å²) in [7, 11) is 1.82. The van der Waals surface area contributed by atoms with Crippen LogP contribution in [-0.4, -0.2) is 14.7 Å². The highest BCUT2D eigenvalue weighted by Crippen LogP contribution is 2.45. The zero-order chi connectivity index (χ0) is 13.6. The Balaban J connectivity index is 2.08. The van der Waals surface area contributed by atoms with Crippen LogP contribution >= 0.6 is 0 Å². The van der Waals surface area contributed by atoms with Crippen LogP contribution in [0, 0.1) is 10.1 Å². The summed E-state index contributed by atoms with van der Waals surface area (Å²) in [5, 5.41) is 15.1. The maximum Gasteiger partial charge on any atom is 0.269 e. The van der Waals surface area contributed by atoms with Crippen LogP contribution in [0.5, 0.6) is 0 Å². The lowest BCUT2D eigenvalue weighted by molar-refractivity contribution is -0.384. The zero-order valence-corrected chi connectivity index (χ0v) is 10.5. The van der Waals surface area contributed by atoms with Crippen LogP contribution in [0.3, 0.4) is 0 Å². The Labute approximate surface area is 110 Å². The fourth-order valence-electron chi connectivity index (χ4n) is 2.25. The highest BCUT2D eigenvalue weighted by atomic mass is 16.6. The van der Waals surface area contributed by atoms with Crippen molar-refractivity contribution in [3.8, 4) is 11.1 Å². The fraction of sp³-hybridized carbons (Fsp3) is 0.308. The van der Waals surface area contributed by atoms with Crippen molar-refractivity contribution in [2.45, 2.75) is 18.8 Å². The third-order valence-electron chi connectivity index (χ3n) is 3.45. The molecule has 1 aliphatic rings. The number of aromatic nitrogens is 2. The monoisotopic (exact) mass is 258 g/mol. The van der Waals surface area contributed by atoms with Crippen LogP contribution in [0.4, 0.5) is 11.5 Å². The molecule has 98 valence electrons. The van der Waals surface area contributed by atoms with Crippen molar-refractivity contribution in [1.82, 2.24) is 9.78 Å². The van der Waals surface area contributed by atoms with Crippen molar-refractivity contribution >= 4 is 11.5 Å². The first-order valence-electron chi connectivity index (χ1n) is 6.15. The number of anilines is 1. The molecule has 1 fully saturated rings. The van der Waals surface area contributed by atoms with Crippen LogP contribution in [0.25, 0.3) is 11.1 Å². The molecule has 2 aromatic rings. The molecule has 3 rings (SSSR count). The fourth-order valence-corrected chi connectivity index (χ4v) is 2.25. The number of nitrogens with two attached hydrogens (primary N) is 1. The molecular formula is C13H14N4O2. The molecule has 1 aromatic heterocycles. The van der Waals surface area contributed by atoms with E-state index in [1.54, 1.807) is 16.8 Å². The van der Waals surface area contributed by atoms with E-state index in [0.717, 1.165) is 29.7 Å². The van der Waals surface area contributed by atoms with Gasteiger partial charge in [-0.15, -0.1) is 0 Å². The van der Waals surface area contributed by atoms with E-state index in [2.05, 4.69) is 5.10 Å². The minimum absolute atomic E-state index is 0.0826. The van der Waals surface area contributed by atoms with Gasteiger partial charge in [-0.25, -0.2) is 0 Å². The normalized spacial score (nSPS) is 14.6. The second kappa shape index (κ2) is 4.08. The predicted octanol–water partition coefficient (Wildman–Crippen LogP) is 2.45. The number of nitrogen functional groups attached to an aromatic ring is 1. The summed E-state index contributed by atoms with van der Waals surface area (Å²) < 4.78 is 1.67. The maximum absolute atomic E-state index is 10.7. The molecule has 0 amide bonds. The van der Waals surface area contributed by atoms with Gasteiger partial charge in [0.1, 0.15) is 5.82 Å². The van der Waals surface area contributed by atoms with E-state index >= 15 is 0 Å². The van der Waals surface area contributed by atoms with E-state index in [0.29, 0.717) is 11.7 Å². The largest absolute Gasteiger partial charge is 0.383 e. The molecule has 0 bridgehead atoms. The number of nitro benzene ring substituents is 1. The quantitative estimate of drug-likeness (QED) is 0.676. The number of nitro groups is 1. The first-order chi connectivity index (χ1) is 9.08. The van der Waals surface area contributed by atoms with Crippen molar-refractivity contribution in [2.75, 3.05) is 5.73 Å². The molecule has 1 aromatic carbocycles. The van der Waals surface area contributed by atoms with Gasteiger partial charge < -0.3 is 5.73 Å². The van der Waals surface area contributed by atoms with E-state index in [9.17, 15) is 10.1 Å². The number of hydrogen-bond donors (Lipinski definition) is 1. The minimum Gasteiger partial charge on any atom is -0.383 e. The average molecular weight is 258 g/mol. The molecule has 1 saturated carbocycles. The van der Waals surface area contributed by atoms with Gasteiger partial charge in [0.2, 0.25) is 0 Å². The van der Waals surface area contributed by atoms with Gasteiger partial charge >= 0.3 is 0 Å².